The van der Waals surface area contributed by atoms with E-state index < -0.39 is 0 Å². The van der Waals surface area contributed by atoms with E-state index in [4.69, 9.17) is 9.47 Å². The van der Waals surface area contributed by atoms with E-state index in [-0.39, 0.29) is 11.6 Å². The van der Waals surface area contributed by atoms with Gasteiger partial charge >= 0.3 is 5.97 Å². The Kier molecular flexibility index (Phi) is 9.97. The fourth-order valence-electron chi connectivity index (χ4n) is 2.59. The van der Waals surface area contributed by atoms with Crippen molar-refractivity contribution in [3.05, 3.63) is 59.7 Å². The first-order chi connectivity index (χ1) is 12.3. The maximum absolute atomic E-state index is 11.8. The smallest absolute Gasteiger partial charge is 0.331 e. The van der Waals surface area contributed by atoms with Crippen LogP contribution in [0.5, 0.6) is 0 Å². The number of allylic oxidation sites excluding steroid dienone is 3. The summed E-state index contributed by atoms with van der Waals surface area (Å²) < 4.78 is 10.7. The fraction of sp³-hybridized carbons (Fsp3) is 0.522. The zero-order valence-corrected chi connectivity index (χ0v) is 17.0. The van der Waals surface area contributed by atoms with Crippen molar-refractivity contribution in [3.63, 3.8) is 0 Å². The molecule has 0 saturated heterocycles. The molecule has 0 N–H and O–H groups in total. The van der Waals surface area contributed by atoms with E-state index in [1.807, 2.05) is 43.3 Å². The summed E-state index contributed by atoms with van der Waals surface area (Å²) in [6.07, 6.45) is 10.1. The average Bonchev–Trinajstić information content (AvgIpc) is 2.60. The largest absolute Gasteiger partial charge is 0.458 e. The second-order valence-electron chi connectivity index (χ2n) is 7.58. The van der Waals surface area contributed by atoms with Gasteiger partial charge < -0.3 is 9.47 Å². The lowest BCUT2D eigenvalue weighted by atomic mass is 9.95. The summed E-state index contributed by atoms with van der Waals surface area (Å²) in [7, 11) is 1.77. The van der Waals surface area contributed by atoms with Crippen molar-refractivity contribution < 1.29 is 14.3 Å². The van der Waals surface area contributed by atoms with Crippen LogP contribution < -0.4 is 0 Å². The second kappa shape index (κ2) is 11.7. The van der Waals surface area contributed by atoms with Crippen LogP contribution in [-0.4, -0.2) is 18.7 Å². The van der Waals surface area contributed by atoms with Gasteiger partial charge in [-0.2, -0.15) is 0 Å². The lowest BCUT2D eigenvalue weighted by molar-refractivity contribution is -0.139. The first-order valence-corrected chi connectivity index (χ1v) is 9.43. The van der Waals surface area contributed by atoms with Crippen LogP contribution >= 0.6 is 0 Å². The third kappa shape index (κ3) is 10.2. The number of hydrogen-bond acceptors (Lipinski definition) is 3. The van der Waals surface area contributed by atoms with E-state index in [1.54, 1.807) is 13.2 Å². The normalized spacial score (nSPS) is 13.8. The molecule has 1 atom stereocenters. The highest BCUT2D eigenvalue weighted by Gasteiger charge is 2.15. The van der Waals surface area contributed by atoms with Gasteiger partial charge in [-0.05, 0) is 50.7 Å². The molecule has 26 heavy (non-hydrogen) atoms. The zero-order chi connectivity index (χ0) is 19.4. The molecule has 0 spiro atoms. The third-order valence-electron chi connectivity index (χ3n) is 4.52. The monoisotopic (exact) mass is 358 g/mol. The van der Waals surface area contributed by atoms with Gasteiger partial charge in [0.2, 0.25) is 0 Å². The topological polar surface area (TPSA) is 35.5 Å². The van der Waals surface area contributed by atoms with Crippen LogP contribution in [0.15, 0.2) is 54.1 Å². The molecule has 1 rings (SSSR count). The summed E-state index contributed by atoms with van der Waals surface area (Å²) >= 11 is 0. The number of esters is 1. The lowest BCUT2D eigenvalue weighted by Gasteiger charge is -2.23. The summed E-state index contributed by atoms with van der Waals surface area (Å²) in [5, 5.41) is 0. The second-order valence-corrected chi connectivity index (χ2v) is 7.58. The van der Waals surface area contributed by atoms with Crippen LogP contribution in [0.4, 0.5) is 0 Å². The van der Waals surface area contributed by atoms with E-state index in [9.17, 15) is 4.79 Å². The van der Waals surface area contributed by atoms with E-state index in [0.717, 1.165) is 30.4 Å². The molecule has 0 saturated carbocycles. The molecular formula is C23H34O3. The number of carbonyl (C=O) groups excluding carboxylic acids is 1. The van der Waals surface area contributed by atoms with Crippen molar-refractivity contribution >= 4 is 5.97 Å². The molecule has 0 aliphatic rings. The minimum Gasteiger partial charge on any atom is -0.458 e. The molecule has 0 aliphatic heterocycles. The molecule has 1 aromatic rings. The molecule has 3 heteroatoms. The summed E-state index contributed by atoms with van der Waals surface area (Å²) in [6, 6.07) is 9.70. The van der Waals surface area contributed by atoms with Crippen molar-refractivity contribution in [1.82, 2.24) is 0 Å². The maximum atomic E-state index is 11.8. The van der Waals surface area contributed by atoms with E-state index in [0.29, 0.717) is 12.5 Å². The highest BCUT2D eigenvalue weighted by atomic mass is 16.5. The Morgan fingerprint density at radius 1 is 1.23 bits per heavy atom. The van der Waals surface area contributed by atoms with Crippen LogP contribution in [0.2, 0.25) is 0 Å². The van der Waals surface area contributed by atoms with Crippen molar-refractivity contribution in [1.29, 1.82) is 0 Å². The number of ether oxygens (including phenoxy) is 2. The third-order valence-corrected chi connectivity index (χ3v) is 4.52. The van der Waals surface area contributed by atoms with Crippen LogP contribution in [0, 0.1) is 5.92 Å². The predicted octanol–water partition coefficient (Wildman–Crippen LogP) is 5.85. The molecular weight excluding hydrogens is 324 g/mol. The molecule has 0 radical (unpaired) electrons. The van der Waals surface area contributed by atoms with E-state index >= 15 is 0 Å². The van der Waals surface area contributed by atoms with Gasteiger partial charge in [0.1, 0.15) is 6.61 Å². The van der Waals surface area contributed by atoms with Gasteiger partial charge in [0.15, 0.2) is 0 Å². The molecule has 144 valence electrons. The van der Waals surface area contributed by atoms with Gasteiger partial charge in [-0.25, -0.2) is 4.79 Å². The first kappa shape index (κ1) is 22.2. The molecule has 0 bridgehead atoms. The Labute approximate surface area is 159 Å². The highest BCUT2D eigenvalue weighted by molar-refractivity contribution is 5.83. The minimum atomic E-state index is -0.300. The fourth-order valence-corrected chi connectivity index (χ4v) is 2.59. The van der Waals surface area contributed by atoms with Crippen LogP contribution in [0.25, 0.3) is 0 Å². The number of carbonyl (C=O) groups is 1. The average molecular weight is 359 g/mol. The van der Waals surface area contributed by atoms with Crippen molar-refractivity contribution in [2.45, 2.75) is 65.6 Å². The van der Waals surface area contributed by atoms with Gasteiger partial charge in [0.05, 0.1) is 5.60 Å². The number of benzene rings is 1. The number of methoxy groups -OCH3 is 1. The Morgan fingerprint density at radius 2 is 1.92 bits per heavy atom. The molecule has 0 heterocycles. The molecule has 0 amide bonds. The SMILES string of the molecule is COC(C)(C)CCCC(C)CC=CC(C)=CC(=O)OCc1ccccc1. The Balaban J connectivity index is 2.28. The quantitative estimate of drug-likeness (QED) is 0.283. The van der Waals surface area contributed by atoms with E-state index in [2.05, 4.69) is 26.8 Å². The lowest BCUT2D eigenvalue weighted by Crippen LogP contribution is -2.22. The maximum Gasteiger partial charge on any atom is 0.331 e. The number of hydrogen-bond donors (Lipinski definition) is 0. The van der Waals surface area contributed by atoms with Gasteiger partial charge in [-0.1, -0.05) is 62.2 Å². The van der Waals surface area contributed by atoms with Gasteiger partial charge in [-0.15, -0.1) is 0 Å². The van der Waals surface area contributed by atoms with Crippen molar-refractivity contribution in [3.8, 4) is 0 Å². The van der Waals surface area contributed by atoms with Crippen LogP contribution in [0.3, 0.4) is 0 Å². The first-order valence-electron chi connectivity index (χ1n) is 9.43. The van der Waals surface area contributed by atoms with Crippen LogP contribution in [0.1, 0.15) is 58.9 Å². The van der Waals surface area contributed by atoms with Gasteiger partial charge in [0, 0.05) is 13.2 Å². The molecule has 0 aliphatic carbocycles. The van der Waals surface area contributed by atoms with Crippen molar-refractivity contribution in [2.75, 3.05) is 7.11 Å². The van der Waals surface area contributed by atoms with Gasteiger partial charge in [0.25, 0.3) is 0 Å². The summed E-state index contributed by atoms with van der Waals surface area (Å²) in [4.78, 5) is 11.8. The van der Waals surface area contributed by atoms with Gasteiger partial charge in [-0.3, -0.25) is 0 Å². The summed E-state index contributed by atoms with van der Waals surface area (Å²) in [5.74, 6) is 0.322. The zero-order valence-electron chi connectivity index (χ0n) is 17.0. The summed E-state index contributed by atoms with van der Waals surface area (Å²) in [6.45, 7) is 8.75. The Hall–Kier alpha value is -1.87. The Morgan fingerprint density at radius 3 is 2.58 bits per heavy atom. The molecule has 1 aromatic carbocycles. The molecule has 0 fully saturated rings. The standard InChI is InChI=1S/C23H34O3/c1-19(13-10-16-23(3,4)25-5)11-9-12-20(2)17-22(24)26-18-21-14-7-6-8-15-21/h6-9,12,14-15,17,19H,10-11,13,16,18H2,1-5H3. The molecule has 0 aromatic heterocycles. The van der Waals surface area contributed by atoms with E-state index in [1.165, 1.54) is 6.42 Å². The predicted molar refractivity (Wildman–Crippen MR) is 108 cm³/mol. The Bertz CT molecular complexity index is 585. The van der Waals surface area contributed by atoms with Crippen LogP contribution in [-0.2, 0) is 20.9 Å². The molecule has 3 nitrogen and oxygen atoms in total. The summed E-state index contributed by atoms with van der Waals surface area (Å²) in [5.41, 5.74) is 1.87. The highest BCUT2D eigenvalue weighted by Crippen LogP contribution is 2.20. The minimum absolute atomic E-state index is 0.0327. The molecule has 1 unspecified atom stereocenters. The number of rotatable bonds is 11. The van der Waals surface area contributed by atoms with Crippen molar-refractivity contribution in [2.24, 2.45) is 5.92 Å².